The third-order valence-corrected chi connectivity index (χ3v) is 4.49. The molecular formula is C16H34BrN. The highest BCUT2D eigenvalue weighted by Gasteiger charge is 2.30. The fraction of sp³-hybridized carbons (Fsp3) is 1.00. The molecule has 1 aliphatic heterocycles. The van der Waals surface area contributed by atoms with Crippen molar-refractivity contribution in [3.63, 3.8) is 0 Å². The third kappa shape index (κ3) is 7.13. The SMILES string of the molecule is CCCCCC[N+]1(CCCCCC)CCCC1.[Br-]. The predicted molar refractivity (Wildman–Crippen MR) is 77.2 cm³/mol. The largest absolute Gasteiger partial charge is 1.00 e. The van der Waals surface area contributed by atoms with Gasteiger partial charge in [-0.15, -0.1) is 0 Å². The minimum absolute atomic E-state index is 0. The summed E-state index contributed by atoms with van der Waals surface area (Å²) < 4.78 is 1.48. The predicted octanol–water partition coefficient (Wildman–Crippen LogP) is 1.76. The first-order chi connectivity index (χ1) is 8.33. The summed E-state index contributed by atoms with van der Waals surface area (Å²) in [5.41, 5.74) is 0. The van der Waals surface area contributed by atoms with Crippen LogP contribution in [0, 0.1) is 0 Å². The van der Waals surface area contributed by atoms with Gasteiger partial charge >= 0.3 is 0 Å². The van der Waals surface area contributed by atoms with Crippen LogP contribution in [-0.4, -0.2) is 30.7 Å². The second kappa shape index (κ2) is 11.3. The average Bonchev–Trinajstić information content (AvgIpc) is 2.80. The molecule has 0 aromatic rings. The Morgan fingerprint density at radius 1 is 0.667 bits per heavy atom. The highest BCUT2D eigenvalue weighted by molar-refractivity contribution is 4.56. The van der Waals surface area contributed by atoms with E-state index in [4.69, 9.17) is 0 Å². The minimum atomic E-state index is 0. The summed E-state index contributed by atoms with van der Waals surface area (Å²) in [4.78, 5) is 0. The molecule has 2 heteroatoms. The highest BCUT2D eigenvalue weighted by Crippen LogP contribution is 2.22. The molecule has 1 nitrogen and oxygen atoms in total. The van der Waals surface area contributed by atoms with Crippen LogP contribution in [0.5, 0.6) is 0 Å². The van der Waals surface area contributed by atoms with Gasteiger partial charge in [0.05, 0.1) is 26.2 Å². The van der Waals surface area contributed by atoms with E-state index in [0.717, 1.165) is 0 Å². The molecule has 0 aromatic heterocycles. The third-order valence-electron chi connectivity index (χ3n) is 4.49. The first kappa shape index (κ1) is 18.4. The molecule has 0 saturated carbocycles. The van der Waals surface area contributed by atoms with Crippen LogP contribution in [-0.2, 0) is 0 Å². The second-order valence-corrected chi connectivity index (χ2v) is 6.06. The number of halogens is 1. The van der Waals surface area contributed by atoms with Crippen molar-refractivity contribution in [2.75, 3.05) is 26.2 Å². The lowest BCUT2D eigenvalue weighted by molar-refractivity contribution is -0.917. The molecule has 0 spiro atoms. The molecule has 0 aromatic carbocycles. The van der Waals surface area contributed by atoms with Gasteiger partial charge in [-0.1, -0.05) is 39.5 Å². The molecule has 0 atom stereocenters. The lowest BCUT2D eigenvalue weighted by atomic mass is 10.1. The van der Waals surface area contributed by atoms with E-state index in [0.29, 0.717) is 0 Å². The molecule has 1 fully saturated rings. The molecule has 1 rings (SSSR count). The van der Waals surface area contributed by atoms with Gasteiger partial charge in [-0.2, -0.15) is 0 Å². The summed E-state index contributed by atoms with van der Waals surface area (Å²) in [6, 6.07) is 0. The molecule has 0 N–H and O–H groups in total. The van der Waals surface area contributed by atoms with E-state index in [2.05, 4.69) is 13.8 Å². The van der Waals surface area contributed by atoms with E-state index in [1.54, 1.807) is 0 Å². The Bertz CT molecular complexity index is 162. The Morgan fingerprint density at radius 3 is 1.50 bits per heavy atom. The van der Waals surface area contributed by atoms with E-state index in [9.17, 15) is 0 Å². The van der Waals surface area contributed by atoms with E-state index in [-0.39, 0.29) is 17.0 Å². The summed E-state index contributed by atoms with van der Waals surface area (Å²) >= 11 is 0. The lowest BCUT2D eigenvalue weighted by Gasteiger charge is -2.34. The van der Waals surface area contributed by atoms with Crippen molar-refractivity contribution in [1.82, 2.24) is 0 Å². The van der Waals surface area contributed by atoms with Gasteiger partial charge in [-0.25, -0.2) is 0 Å². The highest BCUT2D eigenvalue weighted by atomic mass is 79.9. The van der Waals surface area contributed by atoms with Gasteiger partial charge in [-0.3, -0.25) is 0 Å². The fourth-order valence-corrected chi connectivity index (χ4v) is 3.31. The maximum Gasteiger partial charge on any atom is 0.0788 e. The molecule has 0 amide bonds. The molecule has 1 heterocycles. The Balaban J connectivity index is 0.00000289. The van der Waals surface area contributed by atoms with Gasteiger partial charge in [0.1, 0.15) is 0 Å². The molecule has 0 radical (unpaired) electrons. The van der Waals surface area contributed by atoms with Crippen molar-refractivity contribution in [3.8, 4) is 0 Å². The van der Waals surface area contributed by atoms with Gasteiger partial charge in [0, 0.05) is 12.8 Å². The summed E-state index contributed by atoms with van der Waals surface area (Å²) in [5, 5.41) is 0. The van der Waals surface area contributed by atoms with Crippen LogP contribution in [0.4, 0.5) is 0 Å². The molecule has 0 aliphatic carbocycles. The Hall–Kier alpha value is 0.440. The molecule has 0 unspecified atom stereocenters. The Kier molecular flexibility index (Phi) is 11.6. The van der Waals surface area contributed by atoms with Gasteiger partial charge in [0.25, 0.3) is 0 Å². The summed E-state index contributed by atoms with van der Waals surface area (Å²) in [5.74, 6) is 0. The van der Waals surface area contributed by atoms with Crippen LogP contribution in [0.3, 0.4) is 0 Å². The minimum Gasteiger partial charge on any atom is -1.00 e. The quantitative estimate of drug-likeness (QED) is 0.425. The van der Waals surface area contributed by atoms with Crippen molar-refractivity contribution in [2.24, 2.45) is 0 Å². The Labute approximate surface area is 126 Å². The van der Waals surface area contributed by atoms with Crippen molar-refractivity contribution >= 4 is 0 Å². The second-order valence-electron chi connectivity index (χ2n) is 6.06. The summed E-state index contributed by atoms with van der Waals surface area (Å²) in [7, 11) is 0. The number of unbranched alkanes of at least 4 members (excludes halogenated alkanes) is 6. The van der Waals surface area contributed by atoms with Crippen molar-refractivity contribution in [2.45, 2.75) is 78.1 Å². The first-order valence-corrected chi connectivity index (χ1v) is 8.18. The zero-order chi connectivity index (χ0) is 12.4. The fourth-order valence-electron chi connectivity index (χ4n) is 3.31. The molecule has 1 aliphatic rings. The smallest absolute Gasteiger partial charge is 0.0788 e. The maximum absolute atomic E-state index is 2.31. The van der Waals surface area contributed by atoms with Gasteiger partial charge in [-0.05, 0) is 25.7 Å². The number of hydrogen-bond donors (Lipinski definition) is 0. The topological polar surface area (TPSA) is 0 Å². The van der Waals surface area contributed by atoms with E-state index >= 15 is 0 Å². The summed E-state index contributed by atoms with van der Waals surface area (Å²) in [6.45, 7) is 10.5. The van der Waals surface area contributed by atoms with Crippen molar-refractivity contribution in [3.05, 3.63) is 0 Å². The van der Waals surface area contributed by atoms with E-state index in [1.165, 1.54) is 94.9 Å². The molecule has 110 valence electrons. The zero-order valence-corrected chi connectivity index (χ0v) is 14.3. The standard InChI is InChI=1S/C16H34N.BrH/c1-3-5-7-9-13-17(15-11-12-16-17)14-10-8-6-4-2;/h3-16H2,1-2H3;1H/q+1;/p-1. The van der Waals surface area contributed by atoms with Crippen LogP contribution in [0.25, 0.3) is 0 Å². The maximum atomic E-state index is 2.31. The number of nitrogens with zero attached hydrogens (tertiary/aromatic N) is 1. The van der Waals surface area contributed by atoms with E-state index < -0.39 is 0 Å². The normalized spacial score (nSPS) is 17.7. The monoisotopic (exact) mass is 319 g/mol. The van der Waals surface area contributed by atoms with Gasteiger partial charge in [0.15, 0.2) is 0 Å². The van der Waals surface area contributed by atoms with Crippen LogP contribution in [0.1, 0.15) is 78.1 Å². The lowest BCUT2D eigenvalue weighted by Crippen LogP contribution is -3.00. The number of quaternary nitrogens is 1. The van der Waals surface area contributed by atoms with Crippen LogP contribution in [0.15, 0.2) is 0 Å². The summed E-state index contributed by atoms with van der Waals surface area (Å²) in [6.07, 6.45) is 14.5. The van der Waals surface area contributed by atoms with Crippen LogP contribution < -0.4 is 17.0 Å². The molecule has 18 heavy (non-hydrogen) atoms. The van der Waals surface area contributed by atoms with Crippen molar-refractivity contribution < 1.29 is 21.5 Å². The van der Waals surface area contributed by atoms with Gasteiger partial charge in [0.2, 0.25) is 0 Å². The van der Waals surface area contributed by atoms with Crippen LogP contribution >= 0.6 is 0 Å². The molecular weight excluding hydrogens is 286 g/mol. The number of rotatable bonds is 10. The number of hydrogen-bond acceptors (Lipinski definition) is 0. The Morgan fingerprint density at radius 2 is 1.11 bits per heavy atom. The average molecular weight is 320 g/mol. The first-order valence-electron chi connectivity index (χ1n) is 8.18. The van der Waals surface area contributed by atoms with Crippen LogP contribution in [0.2, 0.25) is 0 Å². The molecule has 0 bridgehead atoms. The van der Waals surface area contributed by atoms with E-state index in [1.807, 2.05) is 0 Å². The zero-order valence-electron chi connectivity index (χ0n) is 12.7. The molecule has 1 saturated heterocycles. The number of likely N-dealkylation sites (tertiary alicyclic amines) is 1. The van der Waals surface area contributed by atoms with Gasteiger partial charge < -0.3 is 21.5 Å². The van der Waals surface area contributed by atoms with Crippen molar-refractivity contribution in [1.29, 1.82) is 0 Å².